The molecule has 0 N–H and O–H groups in total. The Hall–Kier alpha value is 0.0600. The predicted molar refractivity (Wildman–Crippen MR) is 42.9 cm³/mol. The topological polar surface area (TPSA) is 37.4 Å². The first-order valence-corrected chi connectivity index (χ1v) is 5.18. The molecule has 0 spiro atoms. The molecule has 3 nitrogen and oxygen atoms in total. The van der Waals surface area contributed by atoms with Crippen LogP contribution in [0.25, 0.3) is 0 Å². The predicted octanol–water partition coefficient (Wildman–Crippen LogP) is 1.10. The van der Waals surface area contributed by atoms with Crippen molar-refractivity contribution in [3.05, 3.63) is 0 Å². The standard InChI is InChI=1S/C5H10ClF2NO2S/c1-4(3-6)9(2)12(10,11)5(7)8/h4-5H,3H2,1-2H3. The number of rotatable bonds is 4. The van der Waals surface area contributed by atoms with E-state index in [9.17, 15) is 17.2 Å². The van der Waals surface area contributed by atoms with Crippen LogP contribution in [0.5, 0.6) is 0 Å². The summed E-state index contributed by atoms with van der Waals surface area (Å²) in [5.74, 6) is -3.39. The van der Waals surface area contributed by atoms with E-state index in [1.807, 2.05) is 0 Å². The van der Waals surface area contributed by atoms with Crippen LogP contribution in [0, 0.1) is 0 Å². The minimum Gasteiger partial charge on any atom is -0.206 e. The molecule has 1 unspecified atom stereocenters. The highest BCUT2D eigenvalue weighted by molar-refractivity contribution is 7.89. The van der Waals surface area contributed by atoms with Crippen LogP contribution < -0.4 is 0 Å². The van der Waals surface area contributed by atoms with Crippen LogP contribution in [0.2, 0.25) is 0 Å². The molecule has 0 radical (unpaired) electrons. The second kappa shape index (κ2) is 4.34. The van der Waals surface area contributed by atoms with Gasteiger partial charge in [-0.3, -0.25) is 0 Å². The van der Waals surface area contributed by atoms with E-state index < -0.39 is 21.8 Å². The summed E-state index contributed by atoms with van der Waals surface area (Å²) in [5, 5.41) is 0. The highest BCUT2D eigenvalue weighted by atomic mass is 35.5. The number of hydrogen-bond acceptors (Lipinski definition) is 2. The highest BCUT2D eigenvalue weighted by Gasteiger charge is 2.31. The van der Waals surface area contributed by atoms with Gasteiger partial charge in [-0.2, -0.15) is 13.1 Å². The van der Waals surface area contributed by atoms with Gasteiger partial charge >= 0.3 is 5.76 Å². The van der Waals surface area contributed by atoms with Crippen molar-refractivity contribution >= 4 is 21.6 Å². The summed E-state index contributed by atoms with van der Waals surface area (Å²) in [5.41, 5.74) is 0. The average molecular weight is 222 g/mol. The van der Waals surface area contributed by atoms with Crippen LogP contribution in [0.15, 0.2) is 0 Å². The van der Waals surface area contributed by atoms with E-state index in [4.69, 9.17) is 11.6 Å². The minimum atomic E-state index is -4.47. The molecule has 0 aromatic carbocycles. The van der Waals surface area contributed by atoms with E-state index in [0.29, 0.717) is 4.31 Å². The Bertz CT molecular complexity index is 232. The second-order valence-electron chi connectivity index (χ2n) is 2.33. The van der Waals surface area contributed by atoms with E-state index in [2.05, 4.69) is 0 Å². The summed E-state index contributed by atoms with van der Waals surface area (Å²) in [6.45, 7) is 1.45. The molecule has 0 aliphatic rings. The van der Waals surface area contributed by atoms with Crippen molar-refractivity contribution in [3.63, 3.8) is 0 Å². The van der Waals surface area contributed by atoms with Gasteiger partial charge in [-0.25, -0.2) is 8.42 Å². The molecule has 0 aliphatic heterocycles. The van der Waals surface area contributed by atoms with Crippen molar-refractivity contribution in [2.45, 2.75) is 18.7 Å². The van der Waals surface area contributed by atoms with Crippen molar-refractivity contribution in [2.24, 2.45) is 0 Å². The second-order valence-corrected chi connectivity index (χ2v) is 4.60. The molecule has 0 amide bonds. The molecule has 0 aliphatic carbocycles. The SMILES string of the molecule is CC(CCl)N(C)S(=O)(=O)C(F)F. The fraction of sp³-hybridized carbons (Fsp3) is 1.00. The molecule has 0 aromatic rings. The van der Waals surface area contributed by atoms with Crippen molar-refractivity contribution in [1.82, 2.24) is 4.31 Å². The third-order valence-electron chi connectivity index (χ3n) is 1.47. The van der Waals surface area contributed by atoms with Gasteiger partial charge in [-0.15, -0.1) is 11.6 Å². The van der Waals surface area contributed by atoms with Gasteiger partial charge in [0, 0.05) is 19.0 Å². The maximum absolute atomic E-state index is 11.9. The fourth-order valence-corrected chi connectivity index (χ4v) is 1.59. The van der Waals surface area contributed by atoms with Gasteiger partial charge in [0.15, 0.2) is 0 Å². The van der Waals surface area contributed by atoms with Gasteiger partial charge in [0.05, 0.1) is 0 Å². The Morgan fingerprint density at radius 2 is 1.92 bits per heavy atom. The molecule has 0 rings (SSSR count). The molecule has 12 heavy (non-hydrogen) atoms. The van der Waals surface area contributed by atoms with Gasteiger partial charge in [-0.05, 0) is 6.92 Å². The molecule has 0 heterocycles. The molecule has 74 valence electrons. The monoisotopic (exact) mass is 221 g/mol. The molecule has 0 saturated heterocycles. The van der Waals surface area contributed by atoms with E-state index in [-0.39, 0.29) is 5.88 Å². The zero-order valence-electron chi connectivity index (χ0n) is 6.67. The molecule has 1 atom stereocenters. The lowest BCUT2D eigenvalue weighted by molar-refractivity contribution is 0.218. The van der Waals surface area contributed by atoms with Crippen LogP contribution in [0.1, 0.15) is 6.92 Å². The summed E-state index contributed by atoms with van der Waals surface area (Å²) in [7, 11) is -3.39. The number of alkyl halides is 3. The van der Waals surface area contributed by atoms with Crippen molar-refractivity contribution in [1.29, 1.82) is 0 Å². The van der Waals surface area contributed by atoms with Crippen LogP contribution in [0.3, 0.4) is 0 Å². The Kier molecular flexibility index (Phi) is 4.36. The normalized spacial score (nSPS) is 15.6. The number of hydrogen-bond donors (Lipinski definition) is 0. The van der Waals surface area contributed by atoms with Gasteiger partial charge < -0.3 is 0 Å². The smallest absolute Gasteiger partial charge is 0.206 e. The van der Waals surface area contributed by atoms with Crippen molar-refractivity contribution in [2.75, 3.05) is 12.9 Å². The highest BCUT2D eigenvalue weighted by Crippen LogP contribution is 2.13. The molecule has 7 heteroatoms. The van der Waals surface area contributed by atoms with Crippen molar-refractivity contribution in [3.8, 4) is 0 Å². The van der Waals surface area contributed by atoms with E-state index in [0.717, 1.165) is 7.05 Å². The molecule has 0 aromatic heterocycles. The van der Waals surface area contributed by atoms with Crippen LogP contribution in [-0.2, 0) is 10.0 Å². The van der Waals surface area contributed by atoms with Gasteiger partial charge in [0.1, 0.15) is 0 Å². The van der Waals surface area contributed by atoms with Crippen LogP contribution in [0.4, 0.5) is 8.78 Å². The third-order valence-corrected chi connectivity index (χ3v) is 3.53. The first kappa shape index (κ1) is 12.1. The lowest BCUT2D eigenvalue weighted by Gasteiger charge is -2.21. The molecule has 0 fully saturated rings. The van der Waals surface area contributed by atoms with Gasteiger partial charge in [0.2, 0.25) is 0 Å². The lowest BCUT2D eigenvalue weighted by atomic mass is 10.4. The molecular weight excluding hydrogens is 212 g/mol. The Balaban J connectivity index is 4.58. The van der Waals surface area contributed by atoms with E-state index >= 15 is 0 Å². The summed E-state index contributed by atoms with van der Waals surface area (Å²) in [4.78, 5) is 0. The largest absolute Gasteiger partial charge is 0.350 e. The van der Waals surface area contributed by atoms with Gasteiger partial charge in [-0.1, -0.05) is 0 Å². The maximum Gasteiger partial charge on any atom is 0.350 e. The van der Waals surface area contributed by atoms with Crippen molar-refractivity contribution < 1.29 is 17.2 Å². The average Bonchev–Trinajstić information content (AvgIpc) is 2.01. The number of halogens is 3. The Morgan fingerprint density at radius 3 is 2.17 bits per heavy atom. The molecule has 0 saturated carbocycles. The number of sulfonamides is 1. The first-order chi connectivity index (χ1) is 5.34. The summed E-state index contributed by atoms with van der Waals surface area (Å²) >= 11 is 5.31. The zero-order valence-corrected chi connectivity index (χ0v) is 8.24. The molecular formula is C5H10ClF2NO2S. The Labute approximate surface area is 75.4 Å². The van der Waals surface area contributed by atoms with E-state index in [1.54, 1.807) is 0 Å². The first-order valence-electron chi connectivity index (χ1n) is 3.15. The summed E-state index contributed by atoms with van der Waals surface area (Å²) in [6.07, 6.45) is 0. The maximum atomic E-state index is 11.9. The van der Waals surface area contributed by atoms with E-state index in [1.165, 1.54) is 6.92 Å². The summed E-state index contributed by atoms with van der Waals surface area (Å²) in [6, 6.07) is -0.620. The fourth-order valence-electron chi connectivity index (χ4n) is 0.474. The Morgan fingerprint density at radius 1 is 1.50 bits per heavy atom. The van der Waals surface area contributed by atoms with Crippen LogP contribution in [-0.4, -0.2) is 37.5 Å². The van der Waals surface area contributed by atoms with Crippen LogP contribution >= 0.6 is 11.6 Å². The molecule has 0 bridgehead atoms. The number of nitrogens with zero attached hydrogens (tertiary/aromatic N) is 1. The quantitative estimate of drug-likeness (QED) is 0.667. The summed E-state index contributed by atoms with van der Waals surface area (Å²) < 4.78 is 45.8. The lowest BCUT2D eigenvalue weighted by Crippen LogP contribution is -2.39. The third kappa shape index (κ3) is 2.53. The zero-order chi connectivity index (χ0) is 9.94. The van der Waals surface area contributed by atoms with Gasteiger partial charge in [0.25, 0.3) is 10.0 Å². The minimum absolute atomic E-state index is 0.0115.